The molecule has 1 atom stereocenters. The van der Waals surface area contributed by atoms with Crippen LogP contribution >= 0.6 is 0 Å². The van der Waals surface area contributed by atoms with Crippen molar-refractivity contribution in [3.05, 3.63) is 35.1 Å². The van der Waals surface area contributed by atoms with Crippen LogP contribution in [0.15, 0.2) is 18.2 Å². The highest BCUT2D eigenvalue weighted by molar-refractivity contribution is 5.27. The number of aryl methyl sites for hydroxylation is 1. The molecule has 1 aromatic rings. The molecule has 1 saturated heterocycles. The summed E-state index contributed by atoms with van der Waals surface area (Å²) in [5, 5.41) is 3.41. The fourth-order valence-corrected chi connectivity index (χ4v) is 3.03. The normalized spacial score (nSPS) is 22.4. The number of halogens is 1. The first-order valence-electron chi connectivity index (χ1n) is 7.45. The molecule has 19 heavy (non-hydrogen) atoms. The summed E-state index contributed by atoms with van der Waals surface area (Å²) in [5.74, 6) is 0.805. The summed E-state index contributed by atoms with van der Waals surface area (Å²) in [7, 11) is 0. The van der Waals surface area contributed by atoms with E-state index < -0.39 is 0 Å². The van der Waals surface area contributed by atoms with Gasteiger partial charge < -0.3 is 5.32 Å². The first kappa shape index (κ1) is 13.1. The van der Waals surface area contributed by atoms with Crippen LogP contribution in [0, 0.1) is 18.7 Å². The zero-order chi connectivity index (χ0) is 13.2. The lowest BCUT2D eigenvalue weighted by molar-refractivity contribution is 0.160. The Labute approximate surface area is 115 Å². The van der Waals surface area contributed by atoms with Gasteiger partial charge in [0.15, 0.2) is 0 Å². The predicted molar refractivity (Wildman–Crippen MR) is 75.7 cm³/mol. The van der Waals surface area contributed by atoms with Crippen LogP contribution in [-0.2, 0) is 0 Å². The number of hydrogen-bond acceptors (Lipinski definition) is 2. The van der Waals surface area contributed by atoms with Gasteiger partial charge in [0, 0.05) is 32.2 Å². The summed E-state index contributed by atoms with van der Waals surface area (Å²) in [4.78, 5) is 2.57. The molecule has 0 radical (unpaired) electrons. The molecular formula is C16H23FN2. The Morgan fingerprint density at radius 1 is 1.32 bits per heavy atom. The Balaban J connectivity index is 1.81. The van der Waals surface area contributed by atoms with Gasteiger partial charge in [0.2, 0.25) is 0 Å². The van der Waals surface area contributed by atoms with Gasteiger partial charge in [-0.2, -0.15) is 0 Å². The molecule has 0 aromatic heterocycles. The van der Waals surface area contributed by atoms with Crippen LogP contribution < -0.4 is 5.32 Å². The quantitative estimate of drug-likeness (QED) is 0.897. The number of nitrogens with one attached hydrogen (secondary N) is 1. The second-order valence-corrected chi connectivity index (χ2v) is 5.99. The van der Waals surface area contributed by atoms with Crippen molar-refractivity contribution in [1.82, 2.24) is 10.2 Å². The Bertz CT molecular complexity index is 436. The number of hydrogen-bond donors (Lipinski definition) is 1. The van der Waals surface area contributed by atoms with E-state index in [9.17, 15) is 4.39 Å². The number of rotatable bonds is 4. The topological polar surface area (TPSA) is 15.3 Å². The van der Waals surface area contributed by atoms with Crippen LogP contribution in [0.4, 0.5) is 4.39 Å². The zero-order valence-electron chi connectivity index (χ0n) is 11.7. The van der Waals surface area contributed by atoms with Gasteiger partial charge in [0.25, 0.3) is 0 Å². The third-order valence-corrected chi connectivity index (χ3v) is 4.41. The van der Waals surface area contributed by atoms with Crippen molar-refractivity contribution in [2.24, 2.45) is 5.92 Å². The lowest BCUT2D eigenvalue weighted by Gasteiger charge is -2.35. The largest absolute Gasteiger partial charge is 0.314 e. The molecule has 3 rings (SSSR count). The predicted octanol–water partition coefficient (Wildman–Crippen LogP) is 2.88. The monoisotopic (exact) mass is 262 g/mol. The molecule has 0 bridgehead atoms. The van der Waals surface area contributed by atoms with Gasteiger partial charge in [0.1, 0.15) is 5.82 Å². The highest BCUT2D eigenvalue weighted by atomic mass is 19.1. The van der Waals surface area contributed by atoms with Gasteiger partial charge in [-0.1, -0.05) is 25.0 Å². The van der Waals surface area contributed by atoms with Crippen LogP contribution in [0.2, 0.25) is 0 Å². The molecule has 2 nitrogen and oxygen atoms in total. The summed E-state index contributed by atoms with van der Waals surface area (Å²) in [6.45, 7) is 6.22. The van der Waals surface area contributed by atoms with E-state index in [4.69, 9.17) is 0 Å². The fourth-order valence-electron chi connectivity index (χ4n) is 3.03. The maximum Gasteiger partial charge on any atom is 0.126 e. The second kappa shape index (κ2) is 5.59. The summed E-state index contributed by atoms with van der Waals surface area (Å²) >= 11 is 0. The molecule has 2 aliphatic rings. The van der Waals surface area contributed by atoms with Crippen molar-refractivity contribution in [3.8, 4) is 0 Å². The molecule has 1 aromatic carbocycles. The first-order valence-corrected chi connectivity index (χ1v) is 7.45. The van der Waals surface area contributed by atoms with Crippen molar-refractivity contribution >= 4 is 0 Å². The van der Waals surface area contributed by atoms with Gasteiger partial charge in [-0.25, -0.2) is 4.39 Å². The van der Waals surface area contributed by atoms with E-state index in [-0.39, 0.29) is 5.82 Å². The fraction of sp³-hybridized carbons (Fsp3) is 0.625. The van der Waals surface area contributed by atoms with Crippen LogP contribution in [0.25, 0.3) is 0 Å². The third-order valence-electron chi connectivity index (χ3n) is 4.41. The molecule has 1 N–H and O–H groups in total. The second-order valence-electron chi connectivity index (χ2n) is 5.99. The number of benzene rings is 1. The third kappa shape index (κ3) is 3.15. The van der Waals surface area contributed by atoms with E-state index >= 15 is 0 Å². The van der Waals surface area contributed by atoms with Crippen LogP contribution in [0.3, 0.4) is 0 Å². The van der Waals surface area contributed by atoms with Crippen LogP contribution in [0.1, 0.15) is 36.4 Å². The smallest absolute Gasteiger partial charge is 0.126 e. The highest BCUT2D eigenvalue weighted by Gasteiger charge is 2.30. The summed E-state index contributed by atoms with van der Waals surface area (Å²) in [6.07, 6.45) is 4.00. The Morgan fingerprint density at radius 3 is 2.68 bits per heavy atom. The molecule has 1 aliphatic carbocycles. The van der Waals surface area contributed by atoms with E-state index in [1.165, 1.54) is 24.8 Å². The van der Waals surface area contributed by atoms with E-state index in [1.807, 2.05) is 19.1 Å². The molecule has 0 unspecified atom stereocenters. The van der Waals surface area contributed by atoms with Crippen molar-refractivity contribution in [2.75, 3.05) is 26.2 Å². The molecule has 1 aliphatic heterocycles. The minimum Gasteiger partial charge on any atom is -0.314 e. The van der Waals surface area contributed by atoms with E-state index in [2.05, 4.69) is 10.2 Å². The first-order chi connectivity index (χ1) is 9.24. The standard InChI is InChI=1S/C16H23FN2/c1-12-10-14(4-5-15(12)17)16(11-13-2-3-13)19-8-6-18-7-9-19/h4-5,10,13,16,18H,2-3,6-9,11H2,1H3/t16-/m0/s1. The molecular weight excluding hydrogens is 239 g/mol. The Morgan fingerprint density at radius 2 is 2.05 bits per heavy atom. The molecule has 2 fully saturated rings. The molecule has 104 valence electrons. The Kier molecular flexibility index (Phi) is 3.85. The number of nitrogens with zero attached hydrogens (tertiary/aromatic N) is 1. The molecule has 1 saturated carbocycles. The summed E-state index contributed by atoms with van der Waals surface area (Å²) in [6, 6.07) is 6.14. The van der Waals surface area contributed by atoms with Crippen LogP contribution in [0.5, 0.6) is 0 Å². The SMILES string of the molecule is Cc1cc([C@H](CC2CC2)N2CCNCC2)ccc1F. The van der Waals surface area contributed by atoms with Gasteiger partial charge >= 0.3 is 0 Å². The highest BCUT2D eigenvalue weighted by Crippen LogP contribution is 2.40. The molecule has 1 heterocycles. The van der Waals surface area contributed by atoms with Crippen molar-refractivity contribution in [3.63, 3.8) is 0 Å². The molecule has 3 heteroatoms. The van der Waals surface area contributed by atoms with Crippen molar-refractivity contribution in [1.29, 1.82) is 0 Å². The minimum atomic E-state index is -0.0887. The zero-order valence-corrected chi connectivity index (χ0v) is 11.7. The van der Waals surface area contributed by atoms with Crippen LogP contribution in [-0.4, -0.2) is 31.1 Å². The lowest BCUT2D eigenvalue weighted by atomic mass is 9.97. The van der Waals surface area contributed by atoms with Gasteiger partial charge in [-0.15, -0.1) is 0 Å². The Hall–Kier alpha value is -0.930. The maximum absolute atomic E-state index is 13.5. The molecule has 0 spiro atoms. The number of piperazine rings is 1. The maximum atomic E-state index is 13.5. The van der Waals surface area contributed by atoms with E-state index in [0.29, 0.717) is 6.04 Å². The minimum absolute atomic E-state index is 0.0887. The summed E-state index contributed by atoms with van der Waals surface area (Å²) in [5.41, 5.74) is 2.07. The van der Waals surface area contributed by atoms with E-state index in [0.717, 1.165) is 37.7 Å². The molecule has 0 amide bonds. The lowest BCUT2D eigenvalue weighted by Crippen LogP contribution is -2.45. The van der Waals surface area contributed by atoms with Gasteiger partial charge in [0.05, 0.1) is 0 Å². The van der Waals surface area contributed by atoms with Gasteiger partial charge in [-0.05, 0) is 36.5 Å². The van der Waals surface area contributed by atoms with Gasteiger partial charge in [-0.3, -0.25) is 4.90 Å². The van der Waals surface area contributed by atoms with Crippen molar-refractivity contribution < 1.29 is 4.39 Å². The van der Waals surface area contributed by atoms with E-state index in [1.54, 1.807) is 6.07 Å². The van der Waals surface area contributed by atoms with Crippen molar-refractivity contribution in [2.45, 2.75) is 32.2 Å². The summed E-state index contributed by atoms with van der Waals surface area (Å²) < 4.78 is 13.5. The average molecular weight is 262 g/mol. The average Bonchev–Trinajstić information content (AvgIpc) is 3.24.